The van der Waals surface area contributed by atoms with Gasteiger partial charge >= 0.3 is 6.18 Å². The lowest BCUT2D eigenvalue weighted by atomic mass is 10.0. The van der Waals surface area contributed by atoms with Crippen LogP contribution in [0, 0.1) is 17.7 Å². The minimum absolute atomic E-state index is 0.0273. The van der Waals surface area contributed by atoms with E-state index in [4.69, 9.17) is 10.7 Å². The van der Waals surface area contributed by atoms with Crippen molar-refractivity contribution in [3.63, 3.8) is 0 Å². The number of carbonyl (C=O) groups is 1. The molecule has 3 fully saturated rings. The van der Waals surface area contributed by atoms with Gasteiger partial charge in [0.05, 0.1) is 34.0 Å². The zero-order valence-corrected chi connectivity index (χ0v) is 21.8. The van der Waals surface area contributed by atoms with E-state index in [0.717, 1.165) is 31.7 Å². The molecule has 208 valence electrons. The maximum absolute atomic E-state index is 15.6. The highest BCUT2D eigenvalue weighted by Crippen LogP contribution is 2.50. The van der Waals surface area contributed by atoms with E-state index in [-0.39, 0.29) is 46.7 Å². The Morgan fingerprint density at radius 3 is 2.50 bits per heavy atom. The molecule has 1 unspecified atom stereocenters. The van der Waals surface area contributed by atoms with Crippen LogP contribution in [-0.4, -0.2) is 50.1 Å². The summed E-state index contributed by atoms with van der Waals surface area (Å²) in [5, 5.41) is 3.74. The van der Waals surface area contributed by atoms with E-state index in [1.807, 2.05) is 10.6 Å². The smallest absolute Gasteiger partial charge is 0.381 e. The number of aromatic nitrogens is 3. The molecule has 4 atom stereocenters. The minimum Gasteiger partial charge on any atom is -0.381 e. The molecule has 40 heavy (non-hydrogen) atoms. The van der Waals surface area contributed by atoms with Crippen LogP contribution in [0.15, 0.2) is 30.3 Å². The number of anilines is 1. The number of aryl methyl sites for hydroxylation is 1. The predicted octanol–water partition coefficient (Wildman–Crippen LogP) is 5.29. The van der Waals surface area contributed by atoms with Crippen LogP contribution in [-0.2, 0) is 13.2 Å². The van der Waals surface area contributed by atoms with Crippen molar-refractivity contribution in [2.45, 2.75) is 50.0 Å². The second-order valence-corrected chi connectivity index (χ2v) is 11.9. The average molecular weight is 553 g/mol. The van der Waals surface area contributed by atoms with Gasteiger partial charge in [0.15, 0.2) is 5.82 Å². The number of nitrogens with one attached hydrogen (secondary N) is 1. The first-order valence-corrected chi connectivity index (χ1v) is 13.8. The van der Waals surface area contributed by atoms with E-state index in [2.05, 4.69) is 5.32 Å². The fourth-order valence-electron chi connectivity index (χ4n) is 7.51. The van der Waals surface area contributed by atoms with Crippen molar-refractivity contribution >= 4 is 33.5 Å². The first-order valence-electron chi connectivity index (χ1n) is 13.8. The Labute approximate surface area is 226 Å². The normalized spacial score (nSPS) is 25.8. The third-order valence-electron chi connectivity index (χ3n) is 9.61. The zero-order chi connectivity index (χ0) is 27.7. The summed E-state index contributed by atoms with van der Waals surface area (Å²) in [6.07, 6.45) is -0.629. The minimum atomic E-state index is -4.50. The van der Waals surface area contributed by atoms with E-state index in [0.29, 0.717) is 46.9 Å². The van der Waals surface area contributed by atoms with Gasteiger partial charge in [-0.1, -0.05) is 6.07 Å². The first kappa shape index (κ1) is 24.2. The van der Waals surface area contributed by atoms with Gasteiger partial charge in [-0.25, -0.2) is 9.37 Å². The molecule has 2 aromatic carbocycles. The number of halogens is 4. The standard InChI is InChI=1S/C29H28F4N6O/c1-37-26-18(30)8-16(28(40)38-12-15-5-7-20(38)23(15)34)9-19(26)36-27(37)21-10-14-4-6-17(29(31,32)33)24-25(14)39(21)22(11-35-24)13-2-3-13/h4,6,8-10,13,15,20,22-23,35H,2-3,5,7,11-12,34H2,1H3/t15-,20-,22?,23-/m1/s1. The number of hydrogen-bond acceptors (Lipinski definition) is 4. The summed E-state index contributed by atoms with van der Waals surface area (Å²) in [4.78, 5) is 20.0. The maximum Gasteiger partial charge on any atom is 0.418 e. The SMILES string of the molecule is Cn1c(-c2cc3ccc(C(F)(F)F)c4c3n2C(C2CC2)CN4)nc2cc(C(=O)N3C[C@H]4CC[C@@H]3[C@@H]4N)cc(F)c21. The molecule has 0 spiro atoms. The van der Waals surface area contributed by atoms with Gasteiger partial charge in [-0.3, -0.25) is 4.79 Å². The molecule has 4 aliphatic rings. The first-order chi connectivity index (χ1) is 19.1. The Balaban J connectivity index is 1.28. The summed E-state index contributed by atoms with van der Waals surface area (Å²) in [6, 6.07) is 7.21. The van der Waals surface area contributed by atoms with Crippen LogP contribution >= 0.6 is 0 Å². The Morgan fingerprint density at radius 1 is 1.05 bits per heavy atom. The lowest BCUT2D eigenvalue weighted by molar-refractivity contribution is -0.136. The van der Waals surface area contributed by atoms with Crippen molar-refractivity contribution in [3.8, 4) is 11.5 Å². The largest absolute Gasteiger partial charge is 0.418 e. The summed E-state index contributed by atoms with van der Waals surface area (Å²) in [5.74, 6) is 0.266. The van der Waals surface area contributed by atoms with E-state index in [9.17, 15) is 18.0 Å². The van der Waals surface area contributed by atoms with Crippen LogP contribution in [0.3, 0.4) is 0 Å². The van der Waals surface area contributed by atoms with Gasteiger partial charge < -0.3 is 25.1 Å². The molecule has 0 radical (unpaired) electrons. The molecule has 2 aromatic heterocycles. The highest BCUT2D eigenvalue weighted by molar-refractivity contribution is 6.00. The fourth-order valence-corrected chi connectivity index (χ4v) is 7.51. The quantitative estimate of drug-likeness (QED) is 0.339. The van der Waals surface area contributed by atoms with Crippen molar-refractivity contribution < 1.29 is 22.4 Å². The number of amides is 1. The number of alkyl halides is 3. The van der Waals surface area contributed by atoms with Crippen LogP contribution in [0.1, 0.15) is 47.6 Å². The van der Waals surface area contributed by atoms with Gasteiger partial charge in [0.2, 0.25) is 0 Å². The topological polar surface area (TPSA) is 81.1 Å². The van der Waals surface area contributed by atoms with E-state index in [1.165, 1.54) is 12.1 Å². The zero-order valence-electron chi connectivity index (χ0n) is 21.8. The molecule has 8 rings (SSSR count). The molecule has 1 saturated heterocycles. The monoisotopic (exact) mass is 552 g/mol. The number of rotatable bonds is 3. The molecule has 3 N–H and O–H groups in total. The van der Waals surface area contributed by atoms with Crippen LogP contribution in [0.4, 0.5) is 23.2 Å². The number of likely N-dealkylation sites (tertiary alicyclic amines) is 1. The maximum atomic E-state index is 15.6. The number of imidazole rings is 1. The van der Waals surface area contributed by atoms with Crippen molar-refractivity contribution in [2.75, 3.05) is 18.4 Å². The molecule has 2 saturated carbocycles. The number of benzene rings is 2. The Hall–Kier alpha value is -3.60. The molecule has 7 nitrogen and oxygen atoms in total. The van der Waals surface area contributed by atoms with Gasteiger partial charge in [0, 0.05) is 43.2 Å². The lowest BCUT2D eigenvalue weighted by Gasteiger charge is -2.30. The number of hydrogen-bond donors (Lipinski definition) is 2. The highest BCUT2D eigenvalue weighted by Gasteiger charge is 2.47. The lowest BCUT2D eigenvalue weighted by Crippen LogP contribution is -2.41. The summed E-state index contributed by atoms with van der Waals surface area (Å²) in [5.41, 5.74) is 7.61. The predicted molar refractivity (Wildman–Crippen MR) is 142 cm³/mol. The molecule has 2 bridgehead atoms. The summed E-state index contributed by atoms with van der Waals surface area (Å²) >= 11 is 0. The van der Waals surface area contributed by atoms with Crippen molar-refractivity contribution in [3.05, 3.63) is 47.3 Å². The number of nitrogens with zero attached hydrogens (tertiary/aromatic N) is 4. The highest BCUT2D eigenvalue weighted by atomic mass is 19.4. The average Bonchev–Trinajstić information content (AvgIpc) is 3.37. The second-order valence-electron chi connectivity index (χ2n) is 11.9. The molecular formula is C29H28F4N6O. The number of fused-ring (bicyclic) bond motifs is 3. The van der Waals surface area contributed by atoms with E-state index in [1.54, 1.807) is 22.6 Å². The number of carbonyl (C=O) groups excluding carboxylic acids is 1. The van der Waals surface area contributed by atoms with Crippen LogP contribution in [0.5, 0.6) is 0 Å². The molecule has 2 aliphatic carbocycles. The Morgan fingerprint density at radius 2 is 1.82 bits per heavy atom. The Kier molecular flexibility index (Phi) is 4.84. The van der Waals surface area contributed by atoms with Crippen LogP contribution < -0.4 is 11.1 Å². The van der Waals surface area contributed by atoms with Crippen molar-refractivity contribution in [1.82, 2.24) is 19.0 Å². The van der Waals surface area contributed by atoms with E-state index >= 15 is 4.39 Å². The van der Waals surface area contributed by atoms with Gasteiger partial charge in [-0.05, 0) is 61.8 Å². The summed E-state index contributed by atoms with van der Waals surface area (Å²) < 4.78 is 60.9. The van der Waals surface area contributed by atoms with Crippen LogP contribution in [0.2, 0.25) is 0 Å². The van der Waals surface area contributed by atoms with Gasteiger partial charge in [-0.2, -0.15) is 13.2 Å². The third kappa shape index (κ3) is 3.27. The Bertz CT molecular complexity index is 1730. The summed E-state index contributed by atoms with van der Waals surface area (Å²) in [7, 11) is 1.70. The molecule has 2 aliphatic heterocycles. The van der Waals surface area contributed by atoms with Crippen molar-refractivity contribution in [1.29, 1.82) is 0 Å². The molecule has 4 heterocycles. The fraction of sp³-hybridized carbons (Fsp3) is 0.448. The van der Waals surface area contributed by atoms with Gasteiger partial charge in [-0.15, -0.1) is 0 Å². The number of piperidine rings is 1. The molecule has 1 amide bonds. The number of nitrogens with two attached hydrogens (primary N) is 1. The van der Waals surface area contributed by atoms with Crippen LogP contribution in [0.25, 0.3) is 33.5 Å². The second kappa shape index (κ2) is 7.99. The van der Waals surface area contributed by atoms with Crippen molar-refractivity contribution in [2.24, 2.45) is 24.6 Å². The molecular weight excluding hydrogens is 524 g/mol. The summed E-state index contributed by atoms with van der Waals surface area (Å²) in [6.45, 7) is 0.954. The van der Waals surface area contributed by atoms with Gasteiger partial charge in [0.25, 0.3) is 5.91 Å². The van der Waals surface area contributed by atoms with Gasteiger partial charge in [0.1, 0.15) is 11.3 Å². The molecule has 11 heteroatoms. The van der Waals surface area contributed by atoms with E-state index < -0.39 is 17.6 Å². The third-order valence-corrected chi connectivity index (χ3v) is 9.61. The molecule has 4 aromatic rings.